The Hall–Kier alpha value is -0.353. The molecule has 0 unspecified atom stereocenters. The zero-order valence-electron chi connectivity index (χ0n) is 12.4. The number of carbonyl (C=O) groups is 1. The molecule has 1 heterocycles. The van der Waals surface area contributed by atoms with Crippen LogP contribution in [0.25, 0.3) is 0 Å². The van der Waals surface area contributed by atoms with Crippen molar-refractivity contribution < 1.29 is 14.0 Å². The van der Waals surface area contributed by atoms with E-state index in [9.17, 15) is 4.79 Å². The molecule has 0 N–H and O–H groups in total. The van der Waals surface area contributed by atoms with Gasteiger partial charge in [0.05, 0.1) is 12.0 Å². The Labute approximate surface area is 111 Å². The lowest BCUT2D eigenvalue weighted by Gasteiger charge is -2.39. The molecule has 0 bridgehead atoms. The highest BCUT2D eigenvalue weighted by molar-refractivity contribution is 6.74. The van der Waals surface area contributed by atoms with Crippen molar-refractivity contribution in [3.8, 4) is 0 Å². The van der Waals surface area contributed by atoms with Gasteiger partial charge in [-0.2, -0.15) is 0 Å². The molecular formula is C14H26O3Si. The number of hydrogen-bond donors (Lipinski definition) is 0. The molecule has 3 nitrogen and oxygen atoms in total. The molecule has 1 aliphatic heterocycles. The summed E-state index contributed by atoms with van der Waals surface area (Å²) in [6.45, 7) is 13.3. The molecule has 104 valence electrons. The minimum absolute atomic E-state index is 0.0154. The second-order valence-corrected chi connectivity index (χ2v) is 12.1. The third-order valence-corrected chi connectivity index (χ3v) is 9.60. The monoisotopic (exact) mass is 270 g/mol. The fraction of sp³-hybridized carbons (Fsp3) is 0.929. The van der Waals surface area contributed by atoms with Crippen LogP contribution >= 0.6 is 0 Å². The van der Waals surface area contributed by atoms with E-state index in [-0.39, 0.29) is 29.1 Å². The highest BCUT2D eigenvalue weighted by Crippen LogP contribution is 2.45. The summed E-state index contributed by atoms with van der Waals surface area (Å²) in [6, 6.07) is 0. The van der Waals surface area contributed by atoms with Crippen molar-refractivity contribution in [1.29, 1.82) is 0 Å². The van der Waals surface area contributed by atoms with Crippen LogP contribution in [0.2, 0.25) is 18.1 Å². The first-order valence-electron chi connectivity index (χ1n) is 7.02. The van der Waals surface area contributed by atoms with Crippen molar-refractivity contribution in [2.24, 2.45) is 11.8 Å². The molecule has 0 radical (unpaired) electrons. The van der Waals surface area contributed by atoms with Gasteiger partial charge in [-0.3, -0.25) is 4.79 Å². The molecule has 2 rings (SSSR count). The van der Waals surface area contributed by atoms with Gasteiger partial charge in [-0.05, 0) is 31.0 Å². The maximum atomic E-state index is 11.6. The Balaban J connectivity index is 2.07. The van der Waals surface area contributed by atoms with E-state index in [1.807, 2.05) is 6.92 Å². The smallest absolute Gasteiger partial charge is 0.309 e. The predicted octanol–water partition coefficient (Wildman–Crippen LogP) is 3.35. The number of ether oxygens (including phenoxy) is 1. The van der Waals surface area contributed by atoms with E-state index >= 15 is 0 Å². The van der Waals surface area contributed by atoms with Crippen LogP contribution in [0.1, 0.15) is 40.5 Å². The zero-order valence-corrected chi connectivity index (χ0v) is 13.4. The highest BCUT2D eigenvalue weighted by atomic mass is 28.4. The van der Waals surface area contributed by atoms with E-state index in [0.717, 1.165) is 12.8 Å². The zero-order chi connectivity index (χ0) is 13.7. The Morgan fingerprint density at radius 2 is 1.89 bits per heavy atom. The first kappa shape index (κ1) is 14.1. The third kappa shape index (κ3) is 2.25. The molecule has 2 fully saturated rings. The molecule has 0 amide bonds. The first-order chi connectivity index (χ1) is 8.13. The summed E-state index contributed by atoms with van der Waals surface area (Å²) in [4.78, 5) is 11.6. The summed E-state index contributed by atoms with van der Waals surface area (Å²) in [6.07, 6.45) is 2.25. The molecule has 0 spiro atoms. The first-order valence-corrected chi connectivity index (χ1v) is 9.92. The Morgan fingerprint density at radius 1 is 1.28 bits per heavy atom. The number of hydrogen-bond acceptors (Lipinski definition) is 3. The molecule has 1 saturated heterocycles. The number of rotatable bonds is 2. The van der Waals surface area contributed by atoms with Crippen LogP contribution in [0.3, 0.4) is 0 Å². The van der Waals surface area contributed by atoms with Gasteiger partial charge in [0.1, 0.15) is 6.10 Å². The number of fused-ring (bicyclic) bond motifs is 1. The molecular weight excluding hydrogens is 244 g/mol. The average Bonchev–Trinajstić information content (AvgIpc) is 2.69. The van der Waals surface area contributed by atoms with E-state index in [2.05, 4.69) is 33.9 Å². The summed E-state index contributed by atoms with van der Waals surface area (Å²) < 4.78 is 12.0. The molecule has 1 saturated carbocycles. The van der Waals surface area contributed by atoms with Crippen LogP contribution in [-0.2, 0) is 14.0 Å². The second kappa shape index (κ2) is 4.34. The van der Waals surface area contributed by atoms with E-state index in [4.69, 9.17) is 9.16 Å². The van der Waals surface area contributed by atoms with E-state index in [1.54, 1.807) is 0 Å². The molecule has 4 heteroatoms. The van der Waals surface area contributed by atoms with Gasteiger partial charge in [0.2, 0.25) is 0 Å². The van der Waals surface area contributed by atoms with E-state index in [1.165, 1.54) is 0 Å². The largest absolute Gasteiger partial charge is 0.459 e. The Morgan fingerprint density at radius 3 is 2.44 bits per heavy atom. The predicted molar refractivity (Wildman–Crippen MR) is 73.8 cm³/mol. The molecule has 1 aliphatic carbocycles. The standard InChI is InChI=1S/C14H26O3Si/c1-9-10-7-8-11(12(10)16-13(9)15)17-18(5,6)14(2,3)4/h9-12H,7-8H2,1-6H3/t9-,10-,11-,12+/m0/s1. The molecule has 0 aromatic rings. The summed E-state index contributed by atoms with van der Waals surface area (Å²) in [5.74, 6) is 0.406. The summed E-state index contributed by atoms with van der Waals surface area (Å²) in [5.41, 5.74) is 0. The van der Waals surface area contributed by atoms with E-state index in [0.29, 0.717) is 5.92 Å². The van der Waals surface area contributed by atoms with Gasteiger partial charge in [0.25, 0.3) is 0 Å². The van der Waals surface area contributed by atoms with Gasteiger partial charge in [0.15, 0.2) is 8.32 Å². The average molecular weight is 270 g/mol. The molecule has 2 aliphatic rings. The molecule has 0 aromatic carbocycles. The minimum Gasteiger partial charge on any atom is -0.459 e. The topological polar surface area (TPSA) is 35.5 Å². The van der Waals surface area contributed by atoms with Crippen molar-refractivity contribution in [2.45, 2.75) is 70.9 Å². The number of carbonyl (C=O) groups excluding carboxylic acids is 1. The van der Waals surface area contributed by atoms with Crippen molar-refractivity contribution in [3.63, 3.8) is 0 Å². The van der Waals surface area contributed by atoms with Gasteiger partial charge in [-0.25, -0.2) is 0 Å². The molecule has 4 atom stereocenters. The van der Waals surface area contributed by atoms with Gasteiger partial charge < -0.3 is 9.16 Å². The van der Waals surface area contributed by atoms with Crippen LogP contribution in [-0.4, -0.2) is 26.5 Å². The maximum absolute atomic E-state index is 11.6. The van der Waals surface area contributed by atoms with Crippen LogP contribution in [0.4, 0.5) is 0 Å². The van der Waals surface area contributed by atoms with Crippen LogP contribution in [0, 0.1) is 11.8 Å². The van der Waals surface area contributed by atoms with Gasteiger partial charge in [0, 0.05) is 5.92 Å². The van der Waals surface area contributed by atoms with Crippen LogP contribution < -0.4 is 0 Å². The quantitative estimate of drug-likeness (QED) is 0.570. The lowest BCUT2D eigenvalue weighted by Crippen LogP contribution is -2.46. The Kier molecular flexibility index (Phi) is 3.39. The van der Waals surface area contributed by atoms with Crippen LogP contribution in [0.5, 0.6) is 0 Å². The fourth-order valence-corrected chi connectivity index (χ4v) is 4.12. The summed E-state index contributed by atoms with van der Waals surface area (Å²) >= 11 is 0. The summed E-state index contributed by atoms with van der Waals surface area (Å²) in [7, 11) is -1.77. The van der Waals surface area contributed by atoms with Crippen molar-refractivity contribution in [2.75, 3.05) is 0 Å². The van der Waals surface area contributed by atoms with Crippen molar-refractivity contribution in [3.05, 3.63) is 0 Å². The van der Waals surface area contributed by atoms with Crippen LogP contribution in [0.15, 0.2) is 0 Å². The fourth-order valence-electron chi connectivity index (χ4n) is 2.76. The lowest BCUT2D eigenvalue weighted by atomic mass is 9.94. The molecule has 18 heavy (non-hydrogen) atoms. The normalized spacial score (nSPS) is 36.7. The molecule has 0 aromatic heterocycles. The van der Waals surface area contributed by atoms with Gasteiger partial charge >= 0.3 is 5.97 Å². The number of esters is 1. The highest BCUT2D eigenvalue weighted by Gasteiger charge is 2.52. The third-order valence-electron chi connectivity index (χ3n) is 5.09. The van der Waals surface area contributed by atoms with Crippen molar-refractivity contribution >= 4 is 14.3 Å². The second-order valence-electron chi connectivity index (χ2n) is 7.35. The summed E-state index contributed by atoms with van der Waals surface area (Å²) in [5, 5.41) is 0.208. The van der Waals surface area contributed by atoms with Gasteiger partial charge in [-0.1, -0.05) is 27.7 Å². The maximum Gasteiger partial charge on any atom is 0.309 e. The minimum atomic E-state index is -1.77. The van der Waals surface area contributed by atoms with E-state index < -0.39 is 8.32 Å². The van der Waals surface area contributed by atoms with Crippen molar-refractivity contribution in [1.82, 2.24) is 0 Å². The SMILES string of the molecule is C[C@@H]1C(=O)O[C@@H]2[C@H]1CC[C@@H]2O[Si](C)(C)C(C)(C)C. The Bertz CT molecular complexity index is 345. The van der Waals surface area contributed by atoms with Gasteiger partial charge in [-0.15, -0.1) is 0 Å². The lowest BCUT2D eigenvalue weighted by molar-refractivity contribution is -0.146.